The number of amides is 1. The highest BCUT2D eigenvalue weighted by Crippen LogP contribution is 2.03. The van der Waals surface area contributed by atoms with Crippen LogP contribution in [0.4, 0.5) is 0 Å². The number of hydrogen-bond donors (Lipinski definition) is 2. The minimum atomic E-state index is -0.171. The highest BCUT2D eigenvalue weighted by molar-refractivity contribution is 5.85. The van der Waals surface area contributed by atoms with Gasteiger partial charge < -0.3 is 4.74 Å². The third-order valence-electron chi connectivity index (χ3n) is 1.75. The van der Waals surface area contributed by atoms with E-state index in [1.165, 1.54) is 0 Å². The van der Waals surface area contributed by atoms with Crippen LogP contribution < -0.4 is 11.3 Å². The molecule has 0 aliphatic heterocycles. The number of hydrazine groups is 1. The smallest absolute Gasteiger partial charge is 0.305 e. The van der Waals surface area contributed by atoms with E-state index in [1.54, 1.807) is 6.92 Å². The van der Waals surface area contributed by atoms with Crippen LogP contribution in [0.2, 0.25) is 0 Å². The number of carbonyl (C=O) groups is 2. The van der Waals surface area contributed by atoms with Gasteiger partial charge in [0.15, 0.2) is 0 Å². The number of carbonyl (C=O) groups excluding carboxylic acids is 2. The first-order valence-corrected chi connectivity index (χ1v) is 4.85. The second-order valence-corrected chi connectivity index (χ2v) is 2.93. The molecule has 0 atom stereocenters. The molecule has 0 bridgehead atoms. The third kappa shape index (κ3) is 11.1. The monoisotopic (exact) mass is 238 g/mol. The fourth-order valence-electron chi connectivity index (χ4n) is 1.04. The number of halogens is 1. The molecule has 90 valence electrons. The lowest BCUT2D eigenvalue weighted by Gasteiger charge is -2.01. The lowest BCUT2D eigenvalue weighted by Crippen LogP contribution is -2.29. The maximum atomic E-state index is 10.9. The summed E-state index contributed by atoms with van der Waals surface area (Å²) in [5.74, 6) is 4.56. The molecule has 1 amide bonds. The first-order valence-electron chi connectivity index (χ1n) is 4.85. The van der Waals surface area contributed by atoms with E-state index in [4.69, 9.17) is 10.6 Å². The quantitative estimate of drug-likeness (QED) is 0.227. The Labute approximate surface area is 96.1 Å². The van der Waals surface area contributed by atoms with Crippen molar-refractivity contribution >= 4 is 24.3 Å². The normalized spacial score (nSPS) is 8.93. The molecule has 0 spiro atoms. The molecule has 3 N–H and O–H groups in total. The van der Waals surface area contributed by atoms with Gasteiger partial charge in [0.1, 0.15) is 0 Å². The van der Waals surface area contributed by atoms with E-state index in [0.29, 0.717) is 19.4 Å². The van der Waals surface area contributed by atoms with Gasteiger partial charge in [-0.25, -0.2) is 5.84 Å². The van der Waals surface area contributed by atoms with Crippen molar-refractivity contribution in [1.29, 1.82) is 0 Å². The highest BCUT2D eigenvalue weighted by atomic mass is 35.5. The summed E-state index contributed by atoms with van der Waals surface area (Å²) in [4.78, 5) is 21.6. The fraction of sp³-hybridized carbons (Fsp3) is 0.778. The van der Waals surface area contributed by atoms with Crippen molar-refractivity contribution in [1.82, 2.24) is 5.43 Å². The van der Waals surface area contributed by atoms with Gasteiger partial charge in [-0.1, -0.05) is 6.42 Å². The van der Waals surface area contributed by atoms with E-state index in [1.807, 2.05) is 0 Å². The zero-order chi connectivity index (χ0) is 10.8. The second-order valence-electron chi connectivity index (χ2n) is 2.93. The van der Waals surface area contributed by atoms with Gasteiger partial charge in [-0.05, 0) is 19.8 Å². The second kappa shape index (κ2) is 11.3. The van der Waals surface area contributed by atoms with Crippen LogP contribution in [-0.2, 0) is 14.3 Å². The van der Waals surface area contributed by atoms with Crippen LogP contribution in [0.1, 0.15) is 39.0 Å². The first kappa shape index (κ1) is 16.6. The number of esters is 1. The van der Waals surface area contributed by atoms with Crippen LogP contribution in [0.15, 0.2) is 0 Å². The van der Waals surface area contributed by atoms with Gasteiger partial charge in [0.2, 0.25) is 5.91 Å². The van der Waals surface area contributed by atoms with E-state index in [9.17, 15) is 9.59 Å². The molecule has 0 fully saturated rings. The summed E-state index contributed by atoms with van der Waals surface area (Å²) in [6.45, 7) is 2.21. The highest BCUT2D eigenvalue weighted by Gasteiger charge is 2.02. The number of ether oxygens (including phenoxy) is 1. The van der Waals surface area contributed by atoms with E-state index in [-0.39, 0.29) is 24.3 Å². The maximum absolute atomic E-state index is 10.9. The van der Waals surface area contributed by atoms with Crippen LogP contribution in [0.3, 0.4) is 0 Å². The van der Waals surface area contributed by atoms with Crippen LogP contribution in [0, 0.1) is 0 Å². The standard InChI is InChI=1S/C9H18N2O3.ClH/c1-2-14-9(13)7-5-3-4-6-8(12)11-10;/h2-7,10H2,1H3,(H,11,12);1H. The molecule has 0 aromatic heterocycles. The molecule has 0 aliphatic rings. The van der Waals surface area contributed by atoms with Gasteiger partial charge in [0, 0.05) is 12.8 Å². The number of nitrogens with one attached hydrogen (secondary N) is 1. The van der Waals surface area contributed by atoms with Crippen molar-refractivity contribution in [2.75, 3.05) is 6.61 Å². The minimum Gasteiger partial charge on any atom is -0.466 e. The van der Waals surface area contributed by atoms with Crippen molar-refractivity contribution < 1.29 is 14.3 Å². The molecule has 0 heterocycles. The van der Waals surface area contributed by atoms with Gasteiger partial charge in [0.05, 0.1) is 6.61 Å². The van der Waals surface area contributed by atoms with E-state index < -0.39 is 0 Å². The van der Waals surface area contributed by atoms with Crippen LogP contribution in [0.25, 0.3) is 0 Å². The summed E-state index contributed by atoms with van der Waals surface area (Å²) in [7, 11) is 0. The molecule has 0 saturated heterocycles. The van der Waals surface area contributed by atoms with Crippen molar-refractivity contribution in [2.24, 2.45) is 5.84 Å². The Kier molecular flexibility index (Phi) is 12.5. The molecule has 0 unspecified atom stereocenters. The van der Waals surface area contributed by atoms with Crippen LogP contribution in [-0.4, -0.2) is 18.5 Å². The summed E-state index contributed by atoms with van der Waals surface area (Å²) in [5, 5.41) is 0. The van der Waals surface area contributed by atoms with Gasteiger partial charge in [-0.2, -0.15) is 0 Å². The predicted octanol–water partition coefficient (Wildman–Crippen LogP) is 0.912. The number of rotatable bonds is 7. The Bertz CT molecular complexity index is 188. The van der Waals surface area contributed by atoms with Crippen molar-refractivity contribution in [2.45, 2.75) is 39.0 Å². The molecule has 0 aromatic rings. The fourth-order valence-corrected chi connectivity index (χ4v) is 1.04. The zero-order valence-corrected chi connectivity index (χ0v) is 9.77. The van der Waals surface area contributed by atoms with Gasteiger partial charge in [-0.3, -0.25) is 15.0 Å². The number of unbranched alkanes of at least 4 members (excludes halogenated alkanes) is 2. The molecule has 0 aliphatic carbocycles. The molecule has 15 heavy (non-hydrogen) atoms. The summed E-state index contributed by atoms with van der Waals surface area (Å²) < 4.78 is 4.75. The van der Waals surface area contributed by atoms with Gasteiger partial charge in [-0.15, -0.1) is 12.4 Å². The van der Waals surface area contributed by atoms with E-state index >= 15 is 0 Å². The minimum absolute atomic E-state index is 0. The molecular formula is C9H19ClN2O3. The summed E-state index contributed by atoms with van der Waals surface area (Å²) in [6.07, 6.45) is 3.20. The topological polar surface area (TPSA) is 81.4 Å². The van der Waals surface area contributed by atoms with Crippen molar-refractivity contribution in [3.05, 3.63) is 0 Å². The third-order valence-corrected chi connectivity index (χ3v) is 1.75. The van der Waals surface area contributed by atoms with Crippen LogP contribution in [0.5, 0.6) is 0 Å². The Morgan fingerprint density at radius 3 is 2.33 bits per heavy atom. The molecule has 0 rings (SSSR count). The SMILES string of the molecule is CCOC(=O)CCCCCC(=O)NN.Cl. The zero-order valence-electron chi connectivity index (χ0n) is 8.95. The molecule has 5 nitrogen and oxygen atoms in total. The molecule has 6 heteroatoms. The predicted molar refractivity (Wildman–Crippen MR) is 59.3 cm³/mol. The summed E-state index contributed by atoms with van der Waals surface area (Å²) in [6, 6.07) is 0. The average molecular weight is 239 g/mol. The lowest BCUT2D eigenvalue weighted by molar-refractivity contribution is -0.143. The van der Waals surface area contributed by atoms with Crippen molar-refractivity contribution in [3.8, 4) is 0 Å². The Morgan fingerprint density at radius 1 is 1.20 bits per heavy atom. The van der Waals surface area contributed by atoms with E-state index in [2.05, 4.69) is 5.43 Å². The maximum Gasteiger partial charge on any atom is 0.305 e. The molecule has 0 aromatic carbocycles. The van der Waals surface area contributed by atoms with Crippen LogP contribution >= 0.6 is 12.4 Å². The molecular weight excluding hydrogens is 220 g/mol. The Balaban J connectivity index is 0. The lowest BCUT2D eigenvalue weighted by atomic mass is 10.1. The number of hydrogen-bond acceptors (Lipinski definition) is 4. The average Bonchev–Trinajstić information content (AvgIpc) is 2.17. The van der Waals surface area contributed by atoms with Crippen molar-refractivity contribution in [3.63, 3.8) is 0 Å². The largest absolute Gasteiger partial charge is 0.466 e. The summed E-state index contributed by atoms with van der Waals surface area (Å²) in [5.41, 5.74) is 2.05. The summed E-state index contributed by atoms with van der Waals surface area (Å²) >= 11 is 0. The number of nitrogens with two attached hydrogens (primary N) is 1. The Morgan fingerprint density at radius 2 is 1.80 bits per heavy atom. The van der Waals surface area contributed by atoms with Gasteiger partial charge in [0.25, 0.3) is 0 Å². The van der Waals surface area contributed by atoms with Gasteiger partial charge >= 0.3 is 5.97 Å². The van der Waals surface area contributed by atoms with E-state index in [0.717, 1.165) is 19.3 Å². The molecule has 0 saturated carbocycles. The first-order chi connectivity index (χ1) is 6.70. The molecule has 0 radical (unpaired) electrons. The Hall–Kier alpha value is -0.810.